The molecule has 2 nitrogen and oxygen atoms in total. The molecule has 0 bridgehead atoms. The molecule has 0 fully saturated rings. The summed E-state index contributed by atoms with van der Waals surface area (Å²) in [7, 11) is 4.38. The molecule has 2 aromatic heterocycles. The topological polar surface area (TPSA) is 8.81 Å². The summed E-state index contributed by atoms with van der Waals surface area (Å²) in [6.45, 7) is 13.5. The number of nitrogens with zero attached hydrogens (tertiary/aromatic N) is 2. The van der Waals surface area contributed by atoms with E-state index in [1.165, 1.54) is 39.1 Å². The predicted octanol–water partition coefficient (Wildman–Crippen LogP) is 3.36. The third-order valence-electron chi connectivity index (χ3n) is 4.58. The number of hydrogen-bond acceptors (Lipinski definition) is 0. The van der Waals surface area contributed by atoms with E-state index in [-0.39, 0.29) is 0 Å². The van der Waals surface area contributed by atoms with E-state index in [0.717, 1.165) is 0 Å². The van der Waals surface area contributed by atoms with Crippen LogP contribution in [0.1, 0.15) is 47.8 Å². The summed E-state index contributed by atoms with van der Waals surface area (Å²) in [6, 6.07) is 0. The summed E-state index contributed by atoms with van der Waals surface area (Å²) in [5.74, 6) is 0.557. The average Bonchev–Trinajstić information content (AvgIpc) is 2.57. The highest BCUT2D eigenvalue weighted by molar-refractivity contribution is 5.83. The summed E-state index contributed by atoms with van der Waals surface area (Å²) in [6.07, 6.45) is 0. The van der Waals surface area contributed by atoms with Crippen LogP contribution in [0.25, 0.3) is 11.0 Å². The van der Waals surface area contributed by atoms with Gasteiger partial charge < -0.3 is 4.57 Å². The maximum absolute atomic E-state index is 2.36. The van der Waals surface area contributed by atoms with Crippen molar-refractivity contribution in [2.45, 2.75) is 47.5 Å². The van der Waals surface area contributed by atoms with E-state index < -0.39 is 0 Å². The second-order valence-corrected chi connectivity index (χ2v) is 5.80. The first-order valence-electron chi connectivity index (χ1n) is 6.73. The van der Waals surface area contributed by atoms with E-state index in [4.69, 9.17) is 0 Å². The Morgan fingerprint density at radius 3 is 2.06 bits per heavy atom. The van der Waals surface area contributed by atoms with E-state index in [2.05, 4.69) is 64.8 Å². The quantitative estimate of drug-likeness (QED) is 0.681. The van der Waals surface area contributed by atoms with Crippen molar-refractivity contribution >= 4 is 11.0 Å². The number of pyridine rings is 1. The van der Waals surface area contributed by atoms with Gasteiger partial charge in [0.25, 0.3) is 0 Å². The van der Waals surface area contributed by atoms with Gasteiger partial charge in [-0.15, -0.1) is 0 Å². The Morgan fingerprint density at radius 1 is 1.00 bits per heavy atom. The van der Waals surface area contributed by atoms with E-state index in [1.807, 2.05) is 0 Å². The lowest BCUT2D eigenvalue weighted by molar-refractivity contribution is -0.651. The first-order chi connectivity index (χ1) is 8.29. The van der Waals surface area contributed by atoms with Crippen molar-refractivity contribution in [2.75, 3.05) is 0 Å². The minimum absolute atomic E-state index is 0.557. The molecular formula is C16H25N2+. The predicted molar refractivity (Wildman–Crippen MR) is 77.1 cm³/mol. The van der Waals surface area contributed by atoms with Gasteiger partial charge in [-0.1, -0.05) is 13.8 Å². The van der Waals surface area contributed by atoms with Gasteiger partial charge in [-0.05, 0) is 32.3 Å². The van der Waals surface area contributed by atoms with Crippen LogP contribution in [0.2, 0.25) is 0 Å². The third kappa shape index (κ3) is 1.51. The summed E-state index contributed by atoms with van der Waals surface area (Å²) in [5, 5.41) is 0. The van der Waals surface area contributed by atoms with Gasteiger partial charge in [0, 0.05) is 30.8 Å². The molecule has 0 aliphatic heterocycles. The van der Waals surface area contributed by atoms with Crippen LogP contribution in [0.15, 0.2) is 0 Å². The van der Waals surface area contributed by atoms with Crippen molar-refractivity contribution in [1.82, 2.24) is 4.57 Å². The summed E-state index contributed by atoms with van der Waals surface area (Å²) >= 11 is 0. The normalized spacial score (nSPS) is 11.8. The molecule has 2 heterocycles. The van der Waals surface area contributed by atoms with Crippen LogP contribution in [0.4, 0.5) is 0 Å². The van der Waals surface area contributed by atoms with E-state index in [0.29, 0.717) is 5.92 Å². The molecule has 18 heavy (non-hydrogen) atoms. The maximum Gasteiger partial charge on any atom is 0.234 e. The molecular weight excluding hydrogens is 220 g/mol. The fourth-order valence-electron chi connectivity index (χ4n) is 3.13. The monoisotopic (exact) mass is 245 g/mol. The van der Waals surface area contributed by atoms with Crippen LogP contribution in [0, 0.1) is 27.7 Å². The van der Waals surface area contributed by atoms with Gasteiger partial charge in [-0.25, -0.2) is 0 Å². The Bertz CT molecular complexity index is 631. The molecule has 0 unspecified atom stereocenters. The van der Waals surface area contributed by atoms with Crippen LogP contribution in [-0.2, 0) is 14.1 Å². The Hall–Kier alpha value is -1.31. The molecule has 0 spiro atoms. The van der Waals surface area contributed by atoms with Crippen molar-refractivity contribution in [2.24, 2.45) is 14.1 Å². The molecule has 2 aromatic rings. The summed E-state index contributed by atoms with van der Waals surface area (Å²) < 4.78 is 4.71. The first-order valence-corrected chi connectivity index (χ1v) is 6.73. The van der Waals surface area contributed by atoms with Crippen LogP contribution in [-0.4, -0.2) is 4.57 Å². The van der Waals surface area contributed by atoms with E-state index in [9.17, 15) is 0 Å². The van der Waals surface area contributed by atoms with Crippen LogP contribution >= 0.6 is 0 Å². The zero-order valence-electron chi connectivity index (χ0n) is 13.0. The van der Waals surface area contributed by atoms with Gasteiger partial charge in [-0.3, -0.25) is 0 Å². The Kier molecular flexibility index (Phi) is 3.00. The van der Waals surface area contributed by atoms with E-state index >= 15 is 0 Å². The standard InChI is InChI=1S/C16H25N2/c1-9(2)14-13(6)18(8)15-11(4)10(3)12(5)17(7)16(14)15/h9H,1-8H3/q+1. The second kappa shape index (κ2) is 4.11. The van der Waals surface area contributed by atoms with Gasteiger partial charge in [0.1, 0.15) is 12.6 Å². The largest absolute Gasteiger partial charge is 0.342 e. The van der Waals surface area contributed by atoms with Crippen molar-refractivity contribution in [3.05, 3.63) is 28.1 Å². The van der Waals surface area contributed by atoms with Crippen molar-refractivity contribution in [1.29, 1.82) is 0 Å². The van der Waals surface area contributed by atoms with Gasteiger partial charge in [-0.2, -0.15) is 4.57 Å². The first kappa shape index (κ1) is 13.1. The van der Waals surface area contributed by atoms with E-state index in [1.54, 1.807) is 0 Å². The molecule has 0 aromatic carbocycles. The number of aromatic nitrogens is 2. The second-order valence-electron chi connectivity index (χ2n) is 5.80. The maximum atomic E-state index is 2.36. The molecule has 0 atom stereocenters. The zero-order valence-corrected chi connectivity index (χ0v) is 13.0. The minimum atomic E-state index is 0.557. The highest BCUT2D eigenvalue weighted by Gasteiger charge is 2.26. The number of fused-ring (bicyclic) bond motifs is 1. The van der Waals surface area contributed by atoms with Gasteiger partial charge in [0.2, 0.25) is 5.52 Å². The highest BCUT2D eigenvalue weighted by atomic mass is 15.0. The Balaban J connectivity index is 3.11. The molecule has 0 saturated carbocycles. The van der Waals surface area contributed by atoms with Crippen molar-refractivity contribution in [3.8, 4) is 0 Å². The molecule has 0 N–H and O–H groups in total. The molecule has 0 radical (unpaired) electrons. The smallest absolute Gasteiger partial charge is 0.234 e. The number of rotatable bonds is 1. The fourth-order valence-corrected chi connectivity index (χ4v) is 3.13. The fraction of sp³-hybridized carbons (Fsp3) is 0.562. The lowest BCUT2D eigenvalue weighted by Crippen LogP contribution is -2.35. The number of aryl methyl sites for hydroxylation is 3. The van der Waals surface area contributed by atoms with Crippen LogP contribution in [0.5, 0.6) is 0 Å². The molecule has 2 rings (SSSR count). The SMILES string of the molecule is Cc1c(C)c2c(c(C(C)C)c(C)n2C)[n+](C)c1C. The summed E-state index contributed by atoms with van der Waals surface area (Å²) in [5.41, 5.74) is 9.86. The van der Waals surface area contributed by atoms with Crippen molar-refractivity contribution in [3.63, 3.8) is 0 Å². The summed E-state index contributed by atoms with van der Waals surface area (Å²) in [4.78, 5) is 0. The van der Waals surface area contributed by atoms with Gasteiger partial charge >= 0.3 is 0 Å². The lowest BCUT2D eigenvalue weighted by Gasteiger charge is -2.08. The Morgan fingerprint density at radius 2 is 1.56 bits per heavy atom. The number of hydrogen-bond donors (Lipinski definition) is 0. The Labute approximate surface area is 110 Å². The third-order valence-corrected chi connectivity index (χ3v) is 4.58. The molecule has 0 saturated heterocycles. The minimum Gasteiger partial charge on any atom is -0.342 e. The highest BCUT2D eigenvalue weighted by Crippen LogP contribution is 2.31. The van der Waals surface area contributed by atoms with Crippen LogP contribution < -0.4 is 4.57 Å². The molecule has 98 valence electrons. The van der Waals surface area contributed by atoms with Crippen LogP contribution in [0.3, 0.4) is 0 Å². The van der Waals surface area contributed by atoms with Crippen molar-refractivity contribution < 1.29 is 4.57 Å². The van der Waals surface area contributed by atoms with Gasteiger partial charge in [0.05, 0.1) is 0 Å². The van der Waals surface area contributed by atoms with Gasteiger partial charge in [0.15, 0.2) is 5.69 Å². The molecule has 0 amide bonds. The lowest BCUT2D eigenvalue weighted by atomic mass is 10.00. The molecule has 2 heteroatoms. The molecule has 0 aliphatic rings. The average molecular weight is 245 g/mol. The molecule has 0 aliphatic carbocycles. The zero-order chi connectivity index (χ0) is 13.8.